The minimum atomic E-state index is -0.508. The topological polar surface area (TPSA) is 41.6 Å². The predicted octanol–water partition coefficient (Wildman–Crippen LogP) is 2.86. The van der Waals surface area contributed by atoms with Crippen LogP contribution in [0.1, 0.15) is 36.0 Å². The summed E-state index contributed by atoms with van der Waals surface area (Å²) in [5.74, 6) is -0.447. The molecule has 1 aromatic rings. The van der Waals surface area contributed by atoms with E-state index < -0.39 is 5.82 Å². The SMILES string of the molecule is COc1cccc(F)c1C(=O)N1CCC2(CCNCC2)CC1.Cl. The number of nitrogens with one attached hydrogen (secondary N) is 1. The Hall–Kier alpha value is -1.33. The fourth-order valence-electron chi connectivity index (χ4n) is 3.68. The average Bonchev–Trinajstić information content (AvgIpc) is 2.55. The van der Waals surface area contributed by atoms with Gasteiger partial charge in [0, 0.05) is 13.1 Å². The van der Waals surface area contributed by atoms with Crippen LogP contribution in [0, 0.1) is 11.2 Å². The largest absolute Gasteiger partial charge is 0.496 e. The standard InChI is InChI=1S/C17H23FN2O2.ClH/c1-22-14-4-2-3-13(18)15(14)16(21)20-11-7-17(8-12-20)5-9-19-10-6-17;/h2-4,19H,5-12H2,1H3;1H. The summed E-state index contributed by atoms with van der Waals surface area (Å²) in [4.78, 5) is 14.4. The molecule has 1 N–H and O–H groups in total. The number of hydrogen-bond acceptors (Lipinski definition) is 3. The molecule has 0 aromatic heterocycles. The highest BCUT2D eigenvalue weighted by Gasteiger charge is 2.37. The smallest absolute Gasteiger partial charge is 0.260 e. The molecule has 2 saturated heterocycles. The predicted molar refractivity (Wildman–Crippen MR) is 89.9 cm³/mol. The molecule has 0 radical (unpaired) electrons. The molecule has 2 aliphatic rings. The quantitative estimate of drug-likeness (QED) is 0.898. The maximum absolute atomic E-state index is 14.1. The van der Waals surface area contributed by atoms with E-state index >= 15 is 0 Å². The lowest BCUT2D eigenvalue weighted by molar-refractivity contribution is 0.0489. The molecule has 128 valence electrons. The third kappa shape index (κ3) is 3.61. The van der Waals surface area contributed by atoms with E-state index in [1.165, 1.54) is 26.0 Å². The lowest BCUT2D eigenvalue weighted by atomic mass is 9.71. The van der Waals surface area contributed by atoms with Crippen molar-refractivity contribution in [2.24, 2.45) is 5.41 Å². The third-order valence-electron chi connectivity index (χ3n) is 5.18. The van der Waals surface area contributed by atoms with Crippen molar-refractivity contribution < 1.29 is 13.9 Å². The number of methoxy groups -OCH3 is 1. The zero-order valence-electron chi connectivity index (χ0n) is 13.4. The fourth-order valence-corrected chi connectivity index (χ4v) is 3.68. The Morgan fingerprint density at radius 2 is 1.87 bits per heavy atom. The number of likely N-dealkylation sites (tertiary alicyclic amines) is 1. The Bertz CT molecular complexity index is 552. The number of piperidine rings is 2. The monoisotopic (exact) mass is 342 g/mol. The number of rotatable bonds is 2. The Balaban J connectivity index is 0.00000192. The number of hydrogen-bond donors (Lipinski definition) is 1. The van der Waals surface area contributed by atoms with E-state index in [-0.39, 0.29) is 23.9 Å². The van der Waals surface area contributed by atoms with Crippen LogP contribution in [0.2, 0.25) is 0 Å². The second-order valence-electron chi connectivity index (χ2n) is 6.36. The molecular weight excluding hydrogens is 319 g/mol. The zero-order valence-corrected chi connectivity index (χ0v) is 14.3. The van der Waals surface area contributed by atoms with Crippen LogP contribution in [-0.2, 0) is 0 Å². The summed E-state index contributed by atoms with van der Waals surface area (Å²) in [5, 5.41) is 3.39. The molecule has 3 rings (SSSR count). The van der Waals surface area contributed by atoms with Crippen molar-refractivity contribution in [1.29, 1.82) is 0 Å². The van der Waals surface area contributed by atoms with Gasteiger partial charge in [0.15, 0.2) is 0 Å². The van der Waals surface area contributed by atoms with E-state index in [4.69, 9.17) is 4.74 Å². The molecule has 4 nitrogen and oxygen atoms in total. The van der Waals surface area contributed by atoms with Gasteiger partial charge in [-0.05, 0) is 56.3 Å². The van der Waals surface area contributed by atoms with Gasteiger partial charge < -0.3 is 15.0 Å². The molecule has 2 fully saturated rings. The highest BCUT2D eigenvalue weighted by atomic mass is 35.5. The summed E-state index contributed by atoms with van der Waals surface area (Å²) in [6, 6.07) is 4.51. The van der Waals surface area contributed by atoms with Gasteiger partial charge in [-0.2, -0.15) is 0 Å². The van der Waals surface area contributed by atoms with Crippen molar-refractivity contribution in [3.63, 3.8) is 0 Å². The van der Waals surface area contributed by atoms with Gasteiger partial charge in [0.2, 0.25) is 0 Å². The first-order chi connectivity index (χ1) is 10.7. The van der Waals surface area contributed by atoms with Gasteiger partial charge in [0.25, 0.3) is 5.91 Å². The number of halogens is 2. The number of nitrogens with zero attached hydrogens (tertiary/aromatic N) is 1. The molecule has 1 spiro atoms. The van der Waals surface area contributed by atoms with Gasteiger partial charge in [0.05, 0.1) is 7.11 Å². The normalized spacial score (nSPS) is 20.0. The van der Waals surface area contributed by atoms with E-state index in [0.29, 0.717) is 24.3 Å². The van der Waals surface area contributed by atoms with Crippen LogP contribution in [0.15, 0.2) is 18.2 Å². The third-order valence-corrected chi connectivity index (χ3v) is 5.18. The molecule has 0 saturated carbocycles. The van der Waals surface area contributed by atoms with Gasteiger partial charge >= 0.3 is 0 Å². The van der Waals surface area contributed by atoms with Gasteiger partial charge in [-0.15, -0.1) is 12.4 Å². The van der Waals surface area contributed by atoms with E-state index in [1.807, 2.05) is 0 Å². The van der Waals surface area contributed by atoms with Crippen LogP contribution in [0.5, 0.6) is 5.75 Å². The average molecular weight is 343 g/mol. The number of ether oxygens (including phenoxy) is 1. The number of carbonyl (C=O) groups is 1. The summed E-state index contributed by atoms with van der Waals surface area (Å²) in [6.07, 6.45) is 4.38. The Labute approximate surface area is 142 Å². The second kappa shape index (κ2) is 7.49. The summed E-state index contributed by atoms with van der Waals surface area (Å²) < 4.78 is 19.2. The lowest BCUT2D eigenvalue weighted by Gasteiger charge is -2.44. The summed E-state index contributed by atoms with van der Waals surface area (Å²) in [5.41, 5.74) is 0.438. The molecule has 1 amide bonds. The summed E-state index contributed by atoms with van der Waals surface area (Å²) in [6.45, 7) is 3.54. The van der Waals surface area contributed by atoms with Crippen LogP contribution < -0.4 is 10.1 Å². The molecular formula is C17H24ClFN2O2. The van der Waals surface area contributed by atoms with Crippen molar-refractivity contribution in [2.45, 2.75) is 25.7 Å². The highest BCUT2D eigenvalue weighted by Crippen LogP contribution is 2.40. The van der Waals surface area contributed by atoms with Gasteiger partial charge in [-0.25, -0.2) is 4.39 Å². The first-order valence-corrected chi connectivity index (χ1v) is 7.98. The molecule has 0 unspecified atom stereocenters. The first kappa shape index (κ1) is 18.0. The molecule has 0 bridgehead atoms. The number of carbonyl (C=O) groups excluding carboxylic acids is 1. The lowest BCUT2D eigenvalue weighted by Crippen LogP contribution is -2.47. The van der Waals surface area contributed by atoms with Crippen molar-refractivity contribution in [3.8, 4) is 5.75 Å². The van der Waals surface area contributed by atoms with Crippen molar-refractivity contribution in [2.75, 3.05) is 33.3 Å². The first-order valence-electron chi connectivity index (χ1n) is 7.98. The maximum Gasteiger partial charge on any atom is 0.260 e. The van der Waals surface area contributed by atoms with E-state index in [1.54, 1.807) is 17.0 Å². The maximum atomic E-state index is 14.1. The highest BCUT2D eigenvalue weighted by molar-refractivity contribution is 5.97. The van der Waals surface area contributed by atoms with Crippen LogP contribution in [-0.4, -0.2) is 44.1 Å². The molecule has 2 heterocycles. The minimum absolute atomic E-state index is 0. The van der Waals surface area contributed by atoms with Crippen LogP contribution in [0.4, 0.5) is 4.39 Å². The Morgan fingerprint density at radius 3 is 2.48 bits per heavy atom. The number of amides is 1. The molecule has 1 aromatic carbocycles. The van der Waals surface area contributed by atoms with Gasteiger partial charge in [0.1, 0.15) is 17.1 Å². The van der Waals surface area contributed by atoms with Crippen molar-refractivity contribution in [3.05, 3.63) is 29.6 Å². The number of benzene rings is 1. The molecule has 0 atom stereocenters. The molecule has 23 heavy (non-hydrogen) atoms. The van der Waals surface area contributed by atoms with E-state index in [9.17, 15) is 9.18 Å². The summed E-state index contributed by atoms with van der Waals surface area (Å²) >= 11 is 0. The molecule has 0 aliphatic carbocycles. The Morgan fingerprint density at radius 1 is 1.22 bits per heavy atom. The van der Waals surface area contributed by atoms with E-state index in [0.717, 1.165) is 25.9 Å². The summed E-state index contributed by atoms with van der Waals surface area (Å²) in [7, 11) is 1.46. The van der Waals surface area contributed by atoms with E-state index in [2.05, 4.69) is 5.32 Å². The van der Waals surface area contributed by atoms with Gasteiger partial charge in [-0.3, -0.25) is 4.79 Å². The fraction of sp³-hybridized carbons (Fsp3) is 0.588. The van der Waals surface area contributed by atoms with Crippen LogP contribution in [0.3, 0.4) is 0 Å². The second-order valence-corrected chi connectivity index (χ2v) is 6.36. The zero-order chi connectivity index (χ0) is 15.6. The van der Waals surface area contributed by atoms with Crippen molar-refractivity contribution >= 4 is 18.3 Å². The van der Waals surface area contributed by atoms with Crippen LogP contribution in [0.25, 0.3) is 0 Å². The minimum Gasteiger partial charge on any atom is -0.496 e. The molecule has 2 aliphatic heterocycles. The van der Waals surface area contributed by atoms with Crippen LogP contribution >= 0.6 is 12.4 Å². The van der Waals surface area contributed by atoms with Crippen molar-refractivity contribution in [1.82, 2.24) is 10.2 Å². The van der Waals surface area contributed by atoms with Gasteiger partial charge in [-0.1, -0.05) is 6.07 Å². The molecule has 6 heteroatoms. The Kier molecular flexibility index (Phi) is 5.87.